The van der Waals surface area contributed by atoms with E-state index in [4.69, 9.17) is 9.47 Å². The van der Waals surface area contributed by atoms with E-state index in [1.165, 1.54) is 11.3 Å². The molecule has 1 saturated heterocycles. The number of alkyl carbamates (subject to hydrolysis) is 1. The van der Waals surface area contributed by atoms with Crippen molar-refractivity contribution in [3.8, 4) is 5.75 Å². The summed E-state index contributed by atoms with van der Waals surface area (Å²) in [5.74, 6) is 0.173. The van der Waals surface area contributed by atoms with Gasteiger partial charge in [0, 0.05) is 10.8 Å². The number of hydrogen-bond acceptors (Lipinski definition) is 5. The topological polar surface area (TPSA) is 64.6 Å². The fraction of sp³-hybridized carbons (Fsp3) is 0.400. The number of hydrogen-bond donors (Lipinski definition) is 1. The molecule has 1 fully saturated rings. The number of thiophene rings is 1. The van der Waals surface area contributed by atoms with Crippen LogP contribution in [0.2, 0.25) is 0 Å². The molecule has 86 valence electrons. The van der Waals surface area contributed by atoms with Gasteiger partial charge in [-0.25, -0.2) is 4.79 Å². The summed E-state index contributed by atoms with van der Waals surface area (Å²) < 4.78 is 10.3. The second-order valence-corrected chi connectivity index (χ2v) is 4.06. The summed E-state index contributed by atoms with van der Waals surface area (Å²) in [5.41, 5.74) is 0.613. The molecule has 1 aliphatic rings. The Morgan fingerprint density at radius 3 is 2.94 bits per heavy atom. The van der Waals surface area contributed by atoms with Gasteiger partial charge in [-0.3, -0.25) is 10.1 Å². The number of cyclic esters (lactones) is 1. The van der Waals surface area contributed by atoms with E-state index < -0.39 is 18.1 Å². The molecule has 1 aromatic rings. The second kappa shape index (κ2) is 4.52. The Labute approximate surface area is 96.4 Å². The summed E-state index contributed by atoms with van der Waals surface area (Å²) in [7, 11) is 0. The van der Waals surface area contributed by atoms with Crippen LogP contribution in [0.25, 0.3) is 0 Å². The molecule has 0 spiro atoms. The highest BCUT2D eigenvalue weighted by Gasteiger charge is 2.36. The van der Waals surface area contributed by atoms with Gasteiger partial charge in [0.25, 0.3) is 5.91 Å². The maximum Gasteiger partial charge on any atom is 0.415 e. The number of rotatable bonds is 4. The number of amides is 2. The fourth-order valence-corrected chi connectivity index (χ4v) is 2.16. The van der Waals surface area contributed by atoms with Crippen molar-refractivity contribution in [1.29, 1.82) is 0 Å². The van der Waals surface area contributed by atoms with E-state index in [1.807, 2.05) is 6.92 Å². The van der Waals surface area contributed by atoms with E-state index in [1.54, 1.807) is 10.8 Å². The van der Waals surface area contributed by atoms with Crippen molar-refractivity contribution in [3.63, 3.8) is 0 Å². The van der Waals surface area contributed by atoms with Gasteiger partial charge in [-0.15, -0.1) is 11.3 Å². The van der Waals surface area contributed by atoms with Crippen molar-refractivity contribution in [2.45, 2.75) is 19.4 Å². The molecule has 0 radical (unpaired) electrons. The van der Waals surface area contributed by atoms with Gasteiger partial charge < -0.3 is 9.47 Å². The van der Waals surface area contributed by atoms with Crippen molar-refractivity contribution in [2.24, 2.45) is 0 Å². The minimum atomic E-state index is -0.870. The molecule has 0 saturated carbocycles. The summed E-state index contributed by atoms with van der Waals surface area (Å²) in [4.78, 5) is 22.3. The van der Waals surface area contributed by atoms with Gasteiger partial charge in [-0.05, 0) is 6.42 Å². The minimum Gasteiger partial charge on any atom is -0.492 e. The van der Waals surface area contributed by atoms with Gasteiger partial charge in [-0.1, -0.05) is 6.92 Å². The molecule has 0 aromatic carbocycles. The van der Waals surface area contributed by atoms with Crippen molar-refractivity contribution in [2.75, 3.05) is 6.61 Å². The average molecular weight is 241 g/mol. The van der Waals surface area contributed by atoms with Crippen LogP contribution in [0.15, 0.2) is 10.8 Å². The summed E-state index contributed by atoms with van der Waals surface area (Å²) in [6.45, 7) is 2.57. The zero-order valence-electron chi connectivity index (χ0n) is 8.69. The SMILES string of the molecule is CCCOc1cscc1C1OC(=O)NC1=O. The monoisotopic (exact) mass is 241 g/mol. The zero-order valence-corrected chi connectivity index (χ0v) is 9.50. The summed E-state index contributed by atoms with van der Waals surface area (Å²) in [5, 5.41) is 5.64. The highest BCUT2D eigenvalue weighted by Crippen LogP contribution is 2.33. The smallest absolute Gasteiger partial charge is 0.415 e. The maximum atomic E-state index is 11.4. The first-order chi connectivity index (χ1) is 7.72. The van der Waals surface area contributed by atoms with Crippen LogP contribution in [0, 0.1) is 0 Å². The summed E-state index contributed by atoms with van der Waals surface area (Å²) >= 11 is 1.41. The highest BCUT2D eigenvalue weighted by atomic mass is 32.1. The Bertz CT molecular complexity index is 415. The molecule has 16 heavy (non-hydrogen) atoms. The van der Waals surface area contributed by atoms with E-state index in [-0.39, 0.29) is 0 Å². The third-order valence-electron chi connectivity index (χ3n) is 2.09. The largest absolute Gasteiger partial charge is 0.492 e. The molecule has 6 heteroatoms. The summed E-state index contributed by atoms with van der Waals surface area (Å²) in [6.07, 6.45) is -0.695. The number of carbonyl (C=O) groups excluding carboxylic acids is 2. The van der Waals surface area contributed by atoms with Crippen LogP contribution in [0.4, 0.5) is 4.79 Å². The van der Waals surface area contributed by atoms with Crippen LogP contribution in [0.1, 0.15) is 25.0 Å². The van der Waals surface area contributed by atoms with E-state index in [9.17, 15) is 9.59 Å². The van der Waals surface area contributed by atoms with Gasteiger partial charge in [0.1, 0.15) is 5.75 Å². The molecular formula is C10H11NO4S. The lowest BCUT2D eigenvalue weighted by Gasteiger charge is -2.08. The van der Waals surface area contributed by atoms with Crippen LogP contribution in [-0.4, -0.2) is 18.6 Å². The van der Waals surface area contributed by atoms with Gasteiger partial charge in [0.05, 0.1) is 12.2 Å². The molecule has 1 aromatic heterocycles. The molecule has 2 amide bonds. The maximum absolute atomic E-state index is 11.4. The van der Waals surface area contributed by atoms with Gasteiger partial charge in [0.2, 0.25) is 6.10 Å². The molecule has 2 heterocycles. The average Bonchev–Trinajstić information content (AvgIpc) is 2.81. The van der Waals surface area contributed by atoms with E-state index in [0.717, 1.165) is 6.42 Å². The van der Waals surface area contributed by atoms with Crippen LogP contribution >= 0.6 is 11.3 Å². The van der Waals surface area contributed by atoms with E-state index >= 15 is 0 Å². The van der Waals surface area contributed by atoms with Gasteiger partial charge in [0.15, 0.2) is 0 Å². The molecule has 0 aliphatic carbocycles. The molecule has 5 nitrogen and oxygen atoms in total. The lowest BCUT2D eigenvalue weighted by Crippen LogP contribution is -2.20. The van der Waals surface area contributed by atoms with Crippen molar-refractivity contribution < 1.29 is 19.1 Å². The normalized spacial score (nSPS) is 19.4. The highest BCUT2D eigenvalue weighted by molar-refractivity contribution is 7.08. The van der Waals surface area contributed by atoms with Crippen LogP contribution in [-0.2, 0) is 9.53 Å². The molecule has 1 unspecified atom stereocenters. The van der Waals surface area contributed by atoms with Crippen LogP contribution in [0.5, 0.6) is 5.75 Å². The quantitative estimate of drug-likeness (QED) is 0.873. The minimum absolute atomic E-state index is 0.440. The van der Waals surface area contributed by atoms with Gasteiger partial charge >= 0.3 is 6.09 Å². The van der Waals surface area contributed by atoms with Crippen LogP contribution in [0.3, 0.4) is 0 Å². The predicted molar refractivity (Wildman–Crippen MR) is 57.5 cm³/mol. The van der Waals surface area contributed by atoms with Crippen molar-refractivity contribution in [3.05, 3.63) is 16.3 Å². The zero-order chi connectivity index (χ0) is 11.5. The molecule has 0 bridgehead atoms. The fourth-order valence-electron chi connectivity index (χ4n) is 1.38. The van der Waals surface area contributed by atoms with E-state index in [0.29, 0.717) is 17.9 Å². The van der Waals surface area contributed by atoms with E-state index in [2.05, 4.69) is 5.32 Å². The summed E-state index contributed by atoms with van der Waals surface area (Å²) in [6, 6.07) is 0. The molecule has 1 atom stereocenters. The van der Waals surface area contributed by atoms with Crippen LogP contribution < -0.4 is 10.1 Å². The molecule has 1 aliphatic heterocycles. The molecule has 2 rings (SSSR count). The Hall–Kier alpha value is -1.56. The van der Waals surface area contributed by atoms with Gasteiger partial charge in [-0.2, -0.15) is 0 Å². The first-order valence-electron chi connectivity index (χ1n) is 4.92. The number of ether oxygens (including phenoxy) is 2. The Kier molecular flexibility index (Phi) is 3.09. The molecular weight excluding hydrogens is 230 g/mol. The standard InChI is InChI=1S/C10H11NO4S/c1-2-3-14-7-5-16-4-6(7)8-9(12)11-10(13)15-8/h4-5,8H,2-3H2,1H3,(H,11,12,13). The predicted octanol–water partition coefficient (Wildman–Crippen LogP) is 1.84. The van der Waals surface area contributed by atoms with Crippen molar-refractivity contribution in [1.82, 2.24) is 5.32 Å². The first kappa shape index (κ1) is 10.9. The van der Waals surface area contributed by atoms with Crippen molar-refractivity contribution >= 4 is 23.3 Å². The Morgan fingerprint density at radius 1 is 1.50 bits per heavy atom. The molecule has 1 N–H and O–H groups in total. The number of imide groups is 1. The Balaban J connectivity index is 2.17. The first-order valence-corrected chi connectivity index (χ1v) is 5.87. The third kappa shape index (κ3) is 2.01. The third-order valence-corrected chi connectivity index (χ3v) is 2.83. The second-order valence-electron chi connectivity index (χ2n) is 3.31. The number of nitrogens with one attached hydrogen (secondary N) is 1. The Morgan fingerprint density at radius 2 is 2.31 bits per heavy atom. The lowest BCUT2D eigenvalue weighted by molar-refractivity contribution is -0.123. The lowest BCUT2D eigenvalue weighted by atomic mass is 10.2. The number of carbonyl (C=O) groups is 2.